The molecule has 8 heteroatoms. The van der Waals surface area contributed by atoms with Crippen LogP contribution in [0.5, 0.6) is 0 Å². The van der Waals surface area contributed by atoms with Crippen LogP contribution in [-0.4, -0.2) is 56.1 Å². The molecule has 0 unspecified atom stereocenters. The monoisotopic (exact) mass is 487 g/mol. The van der Waals surface area contributed by atoms with Crippen molar-refractivity contribution in [1.29, 1.82) is 0 Å². The predicted octanol–water partition coefficient (Wildman–Crippen LogP) is 5.70. The van der Waals surface area contributed by atoms with E-state index in [1.165, 1.54) is 18.5 Å². The van der Waals surface area contributed by atoms with Crippen LogP contribution in [0.3, 0.4) is 0 Å². The average Bonchev–Trinajstić information content (AvgIpc) is 3.26. The number of aromatic amines is 1. The Hall–Kier alpha value is -3.58. The molecule has 0 radical (unpaired) electrons. The molecule has 180 valence electrons. The van der Waals surface area contributed by atoms with E-state index < -0.39 is 0 Å². The van der Waals surface area contributed by atoms with Gasteiger partial charge in [0.2, 0.25) is 0 Å². The summed E-state index contributed by atoms with van der Waals surface area (Å²) in [6.07, 6.45) is 5.20. The Bertz CT molecular complexity index is 1420. The minimum absolute atomic E-state index is 0.480. The van der Waals surface area contributed by atoms with Crippen molar-refractivity contribution in [3.8, 4) is 11.3 Å². The fourth-order valence-corrected chi connectivity index (χ4v) is 4.85. The van der Waals surface area contributed by atoms with E-state index in [1.54, 1.807) is 6.20 Å². The van der Waals surface area contributed by atoms with Crippen LogP contribution in [0.2, 0.25) is 5.02 Å². The van der Waals surface area contributed by atoms with Gasteiger partial charge in [-0.05, 0) is 36.6 Å². The van der Waals surface area contributed by atoms with Crippen LogP contribution in [0.4, 0.5) is 5.82 Å². The number of nitrogens with one attached hydrogen (secondary N) is 1. The number of rotatable bonds is 7. The molecule has 0 atom stereocenters. The Balaban J connectivity index is 1.38. The SMILES string of the molecule is C=C(CCCC)N1CCN(C(=C)c2ccc3c(Cl)cc(-c4cnc5n[nH]c(N)c5c4)nc3c2)CC1. The van der Waals surface area contributed by atoms with Gasteiger partial charge >= 0.3 is 0 Å². The van der Waals surface area contributed by atoms with Gasteiger partial charge in [-0.1, -0.05) is 50.2 Å². The molecule has 3 N–H and O–H groups in total. The highest BCUT2D eigenvalue weighted by Crippen LogP contribution is 2.32. The Morgan fingerprint density at radius 2 is 1.86 bits per heavy atom. The van der Waals surface area contributed by atoms with Crippen LogP contribution in [-0.2, 0) is 0 Å². The Morgan fingerprint density at radius 1 is 1.09 bits per heavy atom. The van der Waals surface area contributed by atoms with Gasteiger partial charge in [-0.2, -0.15) is 5.10 Å². The number of hydrogen-bond acceptors (Lipinski definition) is 6. The molecule has 1 aliphatic rings. The highest BCUT2D eigenvalue weighted by molar-refractivity contribution is 6.35. The minimum atomic E-state index is 0.480. The number of allylic oxidation sites excluding steroid dienone is 1. The Labute approximate surface area is 210 Å². The number of aromatic nitrogens is 4. The first-order valence-corrected chi connectivity index (χ1v) is 12.4. The maximum absolute atomic E-state index is 6.65. The number of nitrogens with zero attached hydrogens (tertiary/aromatic N) is 5. The summed E-state index contributed by atoms with van der Waals surface area (Å²) in [4.78, 5) is 14.0. The summed E-state index contributed by atoms with van der Waals surface area (Å²) < 4.78 is 0. The fourth-order valence-electron chi connectivity index (χ4n) is 4.59. The van der Waals surface area contributed by atoms with Crippen molar-refractivity contribution in [2.24, 2.45) is 0 Å². The van der Waals surface area contributed by atoms with Gasteiger partial charge in [-0.15, -0.1) is 0 Å². The molecule has 4 heterocycles. The van der Waals surface area contributed by atoms with Crippen LogP contribution in [0.25, 0.3) is 38.9 Å². The summed E-state index contributed by atoms with van der Waals surface area (Å²) in [6, 6.07) is 9.96. The number of fused-ring (bicyclic) bond motifs is 2. The zero-order chi connectivity index (χ0) is 24.5. The highest BCUT2D eigenvalue weighted by atomic mass is 35.5. The molecule has 0 aliphatic carbocycles. The first kappa shape index (κ1) is 23.2. The third kappa shape index (κ3) is 4.56. The van der Waals surface area contributed by atoms with Crippen LogP contribution < -0.4 is 5.73 Å². The quantitative estimate of drug-likeness (QED) is 0.347. The van der Waals surface area contributed by atoms with Crippen LogP contribution in [0.15, 0.2) is 55.4 Å². The van der Waals surface area contributed by atoms with Crippen molar-refractivity contribution in [2.45, 2.75) is 26.2 Å². The molecule has 0 bridgehead atoms. The predicted molar refractivity (Wildman–Crippen MR) is 145 cm³/mol. The molecule has 1 saturated heterocycles. The normalized spacial score (nSPS) is 14.1. The number of benzene rings is 1. The van der Waals surface area contributed by atoms with E-state index in [0.717, 1.165) is 71.4 Å². The van der Waals surface area contributed by atoms with Crippen molar-refractivity contribution < 1.29 is 0 Å². The lowest BCUT2D eigenvalue weighted by Crippen LogP contribution is -2.44. The van der Waals surface area contributed by atoms with Gasteiger partial charge in [-0.25, -0.2) is 9.97 Å². The van der Waals surface area contributed by atoms with E-state index in [2.05, 4.69) is 57.2 Å². The second-order valence-electron chi connectivity index (χ2n) is 9.04. The number of piperazine rings is 1. The highest BCUT2D eigenvalue weighted by Gasteiger charge is 2.20. The van der Waals surface area contributed by atoms with E-state index in [1.807, 2.05) is 18.2 Å². The maximum atomic E-state index is 6.65. The van der Waals surface area contributed by atoms with Gasteiger partial charge in [0.1, 0.15) is 5.82 Å². The van der Waals surface area contributed by atoms with Gasteiger partial charge in [0, 0.05) is 54.7 Å². The first-order chi connectivity index (χ1) is 16.9. The van der Waals surface area contributed by atoms with E-state index in [4.69, 9.17) is 22.3 Å². The first-order valence-electron chi connectivity index (χ1n) is 12.0. The van der Waals surface area contributed by atoms with Crippen LogP contribution >= 0.6 is 11.6 Å². The number of nitrogen functional groups attached to an aromatic ring is 1. The van der Waals surface area contributed by atoms with Crippen molar-refractivity contribution in [3.05, 3.63) is 66.0 Å². The van der Waals surface area contributed by atoms with Crippen molar-refractivity contribution in [3.63, 3.8) is 0 Å². The number of anilines is 1. The zero-order valence-electron chi connectivity index (χ0n) is 20.0. The number of nitrogens with two attached hydrogens (primary N) is 1. The maximum Gasteiger partial charge on any atom is 0.183 e. The van der Waals surface area contributed by atoms with Crippen LogP contribution in [0.1, 0.15) is 31.7 Å². The Morgan fingerprint density at radius 3 is 2.63 bits per heavy atom. The average molecular weight is 488 g/mol. The van der Waals surface area contributed by atoms with Crippen molar-refractivity contribution in [1.82, 2.24) is 30.0 Å². The molecule has 3 aromatic heterocycles. The summed E-state index contributed by atoms with van der Waals surface area (Å²) >= 11 is 6.65. The Kier molecular flexibility index (Phi) is 6.34. The second-order valence-corrected chi connectivity index (χ2v) is 9.45. The van der Waals surface area contributed by atoms with Crippen molar-refractivity contribution >= 4 is 45.1 Å². The summed E-state index contributed by atoms with van der Waals surface area (Å²) in [7, 11) is 0. The lowest BCUT2D eigenvalue weighted by atomic mass is 10.1. The van der Waals surface area contributed by atoms with Gasteiger partial charge in [0.25, 0.3) is 0 Å². The zero-order valence-corrected chi connectivity index (χ0v) is 20.8. The largest absolute Gasteiger partial charge is 0.384 e. The van der Waals surface area contributed by atoms with E-state index in [0.29, 0.717) is 16.5 Å². The smallest absolute Gasteiger partial charge is 0.183 e. The number of unbranched alkanes of at least 4 members (excludes halogenated alkanes) is 1. The topological polar surface area (TPSA) is 87.0 Å². The molecule has 35 heavy (non-hydrogen) atoms. The van der Waals surface area contributed by atoms with Gasteiger partial charge in [-0.3, -0.25) is 5.10 Å². The third-order valence-electron chi connectivity index (χ3n) is 6.75. The molecule has 0 amide bonds. The molecule has 0 spiro atoms. The molecular formula is C27H30ClN7. The van der Waals surface area contributed by atoms with Gasteiger partial charge < -0.3 is 15.5 Å². The molecule has 1 fully saturated rings. The summed E-state index contributed by atoms with van der Waals surface area (Å²) in [5.41, 5.74) is 12.2. The summed E-state index contributed by atoms with van der Waals surface area (Å²) in [6.45, 7) is 14.7. The molecule has 5 rings (SSSR count). The van der Waals surface area contributed by atoms with E-state index in [9.17, 15) is 0 Å². The standard InChI is InChI=1S/C27H30ClN7/c1-4-5-6-17(2)34-9-11-35(12-10-34)18(3)19-7-8-21-23(28)15-24(31-25(21)14-19)20-13-22-26(29)32-33-27(22)30-16-20/h7-8,13-16H,2-6,9-12H2,1H3,(H3,29,30,32,33). The lowest BCUT2D eigenvalue weighted by Gasteiger charge is -2.39. The molecule has 0 saturated carbocycles. The van der Waals surface area contributed by atoms with E-state index in [-0.39, 0.29) is 0 Å². The molecule has 1 aromatic carbocycles. The summed E-state index contributed by atoms with van der Waals surface area (Å²) in [5.74, 6) is 0.480. The lowest BCUT2D eigenvalue weighted by molar-refractivity contribution is 0.209. The minimum Gasteiger partial charge on any atom is -0.384 e. The van der Waals surface area contributed by atoms with Crippen molar-refractivity contribution in [2.75, 3.05) is 31.9 Å². The molecule has 7 nitrogen and oxygen atoms in total. The van der Waals surface area contributed by atoms with E-state index >= 15 is 0 Å². The number of H-pyrrole nitrogens is 1. The third-order valence-corrected chi connectivity index (χ3v) is 7.07. The summed E-state index contributed by atoms with van der Waals surface area (Å²) in [5, 5.41) is 9.16. The van der Waals surface area contributed by atoms with Gasteiger partial charge in [0.05, 0.1) is 21.6 Å². The number of pyridine rings is 2. The number of halogens is 1. The molecule has 1 aliphatic heterocycles. The number of hydrogen-bond donors (Lipinski definition) is 2. The molecule has 4 aromatic rings. The van der Waals surface area contributed by atoms with Gasteiger partial charge in [0.15, 0.2) is 5.65 Å². The van der Waals surface area contributed by atoms with Crippen LogP contribution in [0, 0.1) is 0 Å². The molecular weight excluding hydrogens is 458 g/mol. The fraction of sp³-hybridized carbons (Fsp3) is 0.296. The second kappa shape index (κ2) is 9.58.